The summed E-state index contributed by atoms with van der Waals surface area (Å²) in [4.78, 5) is 7.01. The number of aliphatic hydroxyl groups is 1. The lowest BCUT2D eigenvalue weighted by atomic mass is 9.84. The zero-order chi connectivity index (χ0) is 14.0. The number of rotatable bonds is 5. The molecule has 0 fully saturated rings. The van der Waals surface area contributed by atoms with Gasteiger partial charge in [-0.25, -0.2) is 18.7 Å². The molecule has 0 saturated carbocycles. The average molecular weight is 257 g/mol. The third kappa shape index (κ3) is 3.71. The molecule has 1 aromatic rings. The van der Waals surface area contributed by atoms with Crippen LogP contribution in [0.3, 0.4) is 0 Å². The largest absolute Gasteiger partial charge is 0.427 e. The van der Waals surface area contributed by atoms with Gasteiger partial charge < -0.3 is 9.76 Å². The predicted octanol–water partition coefficient (Wildman–Crippen LogP) is 1.22. The number of aromatic nitrogens is 2. The van der Waals surface area contributed by atoms with E-state index in [1.807, 2.05) is 0 Å². The van der Waals surface area contributed by atoms with Crippen LogP contribution in [0.25, 0.3) is 0 Å². The van der Waals surface area contributed by atoms with Crippen molar-refractivity contribution in [1.29, 1.82) is 0 Å². The van der Waals surface area contributed by atoms with Gasteiger partial charge in [-0.15, -0.1) is 0 Å². The first-order valence-electron chi connectivity index (χ1n) is 5.47. The van der Waals surface area contributed by atoms with Crippen molar-refractivity contribution < 1.29 is 18.5 Å². The second-order valence-corrected chi connectivity index (χ2v) is 4.98. The van der Waals surface area contributed by atoms with Gasteiger partial charge in [0.15, 0.2) is 5.82 Å². The van der Waals surface area contributed by atoms with Crippen molar-refractivity contribution in [1.82, 2.24) is 9.97 Å². The fraction of sp³-hybridized carbons (Fsp3) is 0.636. The van der Waals surface area contributed by atoms with Crippen LogP contribution < -0.4 is 5.46 Å². The van der Waals surface area contributed by atoms with E-state index in [1.54, 1.807) is 27.7 Å². The Morgan fingerprint density at radius 3 is 2.11 bits per heavy atom. The number of nitrogens with zero attached hydrogens (tertiary/aromatic N) is 2. The van der Waals surface area contributed by atoms with Crippen molar-refractivity contribution in [3.63, 3.8) is 0 Å². The number of hydrogen-bond acceptors (Lipinski definition) is 4. The summed E-state index contributed by atoms with van der Waals surface area (Å²) in [6.07, 6.45) is -0.197. The van der Waals surface area contributed by atoms with Gasteiger partial charge in [-0.05, 0) is 33.2 Å². The summed E-state index contributed by atoms with van der Waals surface area (Å²) in [7, 11) is 1.34. The molecule has 1 heterocycles. The third-order valence-electron chi connectivity index (χ3n) is 2.85. The normalized spacial score (nSPS) is 12.9. The van der Waals surface area contributed by atoms with E-state index < -0.39 is 23.5 Å². The van der Waals surface area contributed by atoms with Gasteiger partial charge in [0, 0.05) is 12.4 Å². The molecule has 0 aromatic carbocycles. The summed E-state index contributed by atoms with van der Waals surface area (Å²) < 4.78 is 29.9. The van der Waals surface area contributed by atoms with Crippen LogP contribution in [0.15, 0.2) is 12.4 Å². The molecule has 1 radical (unpaired) electrons. The van der Waals surface area contributed by atoms with Crippen LogP contribution >= 0.6 is 0 Å². The summed E-state index contributed by atoms with van der Waals surface area (Å²) in [5.74, 6) is -0.520. The smallest absolute Gasteiger partial charge is 0.334 e. The quantitative estimate of drug-likeness (QED) is 0.806. The van der Waals surface area contributed by atoms with Crippen LogP contribution in [0.5, 0.6) is 0 Å². The van der Waals surface area contributed by atoms with E-state index in [2.05, 4.69) is 9.97 Å². The highest BCUT2D eigenvalue weighted by molar-refractivity contribution is 6.46. The fourth-order valence-corrected chi connectivity index (χ4v) is 0.881. The lowest BCUT2D eigenvalue weighted by Gasteiger charge is -2.37. The van der Waals surface area contributed by atoms with E-state index in [9.17, 15) is 13.9 Å². The standard InChI is InChI=1S/C11H16BF2N2O2/c1-10(2,17)11(3,4)18-12-7-5-15-9(8(13)14)16-6-7/h5-6,8,17H,1-4H3. The van der Waals surface area contributed by atoms with Crippen LogP contribution in [-0.2, 0) is 4.65 Å². The molecule has 1 N–H and O–H groups in total. The van der Waals surface area contributed by atoms with Crippen LogP contribution in [0.2, 0.25) is 0 Å². The molecule has 0 aliphatic rings. The molecule has 7 heteroatoms. The van der Waals surface area contributed by atoms with Crippen LogP contribution in [0, 0.1) is 0 Å². The monoisotopic (exact) mass is 257 g/mol. The highest BCUT2D eigenvalue weighted by atomic mass is 19.3. The Morgan fingerprint density at radius 1 is 1.22 bits per heavy atom. The Kier molecular flexibility index (Phi) is 4.39. The zero-order valence-electron chi connectivity index (χ0n) is 10.8. The minimum absolute atomic E-state index is 0.455. The first kappa shape index (κ1) is 15.0. The Hall–Kier alpha value is -1.08. The summed E-state index contributed by atoms with van der Waals surface area (Å²) >= 11 is 0. The van der Waals surface area contributed by atoms with Crippen molar-refractivity contribution in [3.05, 3.63) is 18.2 Å². The Balaban J connectivity index is 2.64. The molecule has 1 rings (SSSR count). The topological polar surface area (TPSA) is 55.2 Å². The molecule has 0 unspecified atom stereocenters. The highest BCUT2D eigenvalue weighted by Crippen LogP contribution is 2.24. The molecule has 0 amide bonds. The SMILES string of the molecule is CC(C)(O)C(C)(C)O[B]c1cnc(C(F)F)nc1. The van der Waals surface area contributed by atoms with E-state index in [0.29, 0.717) is 5.46 Å². The van der Waals surface area contributed by atoms with E-state index in [-0.39, 0.29) is 0 Å². The maximum atomic E-state index is 12.2. The van der Waals surface area contributed by atoms with Crippen LogP contribution in [0.4, 0.5) is 8.78 Å². The molecule has 0 spiro atoms. The maximum absolute atomic E-state index is 12.2. The second kappa shape index (κ2) is 5.28. The molecular formula is C11H16BF2N2O2. The Labute approximate surface area is 106 Å². The minimum Gasteiger partial charge on any atom is -0.427 e. The second-order valence-electron chi connectivity index (χ2n) is 4.98. The van der Waals surface area contributed by atoms with Crippen molar-refractivity contribution in [2.45, 2.75) is 45.3 Å². The molecular weight excluding hydrogens is 241 g/mol. The molecule has 0 aliphatic heterocycles. The van der Waals surface area contributed by atoms with Crippen LogP contribution in [0.1, 0.15) is 39.9 Å². The van der Waals surface area contributed by atoms with E-state index in [1.165, 1.54) is 19.9 Å². The molecule has 1 aromatic heterocycles. The predicted molar refractivity (Wildman–Crippen MR) is 63.8 cm³/mol. The van der Waals surface area contributed by atoms with Gasteiger partial charge in [-0.1, -0.05) is 0 Å². The van der Waals surface area contributed by atoms with Gasteiger partial charge in [0.05, 0.1) is 11.2 Å². The Morgan fingerprint density at radius 2 is 1.72 bits per heavy atom. The Bertz CT molecular complexity index is 391. The summed E-state index contributed by atoms with van der Waals surface area (Å²) in [5.41, 5.74) is -1.42. The van der Waals surface area contributed by atoms with Gasteiger partial charge >= 0.3 is 7.48 Å². The fourth-order valence-electron chi connectivity index (χ4n) is 0.881. The summed E-state index contributed by atoms with van der Waals surface area (Å²) in [6, 6.07) is 0. The lowest BCUT2D eigenvalue weighted by molar-refractivity contribution is -0.0893. The van der Waals surface area contributed by atoms with E-state index in [0.717, 1.165) is 0 Å². The van der Waals surface area contributed by atoms with Crippen molar-refractivity contribution in [2.24, 2.45) is 0 Å². The van der Waals surface area contributed by atoms with E-state index in [4.69, 9.17) is 4.65 Å². The first-order valence-corrected chi connectivity index (χ1v) is 5.47. The summed E-state index contributed by atoms with van der Waals surface area (Å²) in [6.45, 7) is 6.68. The van der Waals surface area contributed by atoms with E-state index >= 15 is 0 Å². The molecule has 0 bridgehead atoms. The van der Waals surface area contributed by atoms with Gasteiger partial charge in [0.25, 0.3) is 6.43 Å². The van der Waals surface area contributed by atoms with Crippen molar-refractivity contribution in [3.8, 4) is 0 Å². The van der Waals surface area contributed by atoms with Gasteiger partial charge in [-0.2, -0.15) is 0 Å². The lowest BCUT2D eigenvalue weighted by Crippen LogP contribution is -2.49. The number of alkyl halides is 2. The van der Waals surface area contributed by atoms with Gasteiger partial charge in [0.1, 0.15) is 0 Å². The number of hydrogen-bond donors (Lipinski definition) is 1. The first-order chi connectivity index (χ1) is 8.13. The zero-order valence-corrected chi connectivity index (χ0v) is 10.8. The molecule has 0 atom stereocenters. The molecule has 0 saturated heterocycles. The number of halogens is 2. The average Bonchev–Trinajstić information content (AvgIpc) is 2.25. The summed E-state index contributed by atoms with van der Waals surface area (Å²) in [5, 5.41) is 9.86. The highest BCUT2D eigenvalue weighted by Gasteiger charge is 2.35. The molecule has 18 heavy (non-hydrogen) atoms. The van der Waals surface area contributed by atoms with Gasteiger partial charge in [0.2, 0.25) is 0 Å². The molecule has 4 nitrogen and oxygen atoms in total. The molecule has 0 aliphatic carbocycles. The minimum atomic E-state index is -2.69. The van der Waals surface area contributed by atoms with Gasteiger partial charge in [-0.3, -0.25) is 0 Å². The van der Waals surface area contributed by atoms with Crippen LogP contribution in [-0.4, -0.2) is 33.8 Å². The maximum Gasteiger partial charge on any atom is 0.334 e. The third-order valence-corrected chi connectivity index (χ3v) is 2.85. The molecule has 99 valence electrons. The van der Waals surface area contributed by atoms with Crippen molar-refractivity contribution in [2.75, 3.05) is 0 Å². The van der Waals surface area contributed by atoms with Crippen molar-refractivity contribution >= 4 is 12.9 Å².